The Morgan fingerprint density at radius 2 is 1.09 bits per heavy atom. The number of thiophene rings is 1. The van der Waals surface area contributed by atoms with E-state index in [1.807, 2.05) is 35.6 Å². The molecule has 6 heteroatoms. The average Bonchev–Trinajstić information content (AvgIpc) is 3.96. The van der Waals surface area contributed by atoms with E-state index < -0.39 is 0 Å². The lowest BCUT2D eigenvalue weighted by Crippen LogP contribution is -2.06. The van der Waals surface area contributed by atoms with Crippen LogP contribution in [0.25, 0.3) is 115 Å². The van der Waals surface area contributed by atoms with Crippen molar-refractivity contribution in [3.8, 4) is 51.0 Å². The van der Waals surface area contributed by atoms with Crippen LogP contribution in [0.1, 0.15) is 0 Å². The van der Waals surface area contributed by atoms with Crippen LogP contribution < -0.4 is 0 Å². The molecule has 0 spiro atoms. The van der Waals surface area contributed by atoms with Gasteiger partial charge >= 0.3 is 0 Å². The lowest BCUT2D eigenvalue weighted by molar-refractivity contribution is 0.669. The molecular weight excluding hydrogens is 717 g/mol. The monoisotopic (exact) mass is 746 g/mol. The van der Waals surface area contributed by atoms with Crippen LogP contribution >= 0.6 is 11.3 Å². The Morgan fingerprint density at radius 3 is 1.95 bits per heavy atom. The first-order valence-electron chi connectivity index (χ1n) is 19.0. The fourth-order valence-electron chi connectivity index (χ4n) is 8.49. The third kappa shape index (κ3) is 5.04. The maximum atomic E-state index is 6.63. The first-order valence-corrected chi connectivity index (χ1v) is 19.8. The van der Waals surface area contributed by atoms with Crippen LogP contribution in [0.3, 0.4) is 0 Å². The van der Waals surface area contributed by atoms with Gasteiger partial charge in [0.05, 0.1) is 11.0 Å². The maximum Gasteiger partial charge on any atom is 0.238 e. The fourth-order valence-corrected chi connectivity index (χ4v) is 9.59. The molecule has 12 aromatic rings. The quantitative estimate of drug-likeness (QED) is 0.176. The summed E-state index contributed by atoms with van der Waals surface area (Å²) >= 11 is 1.82. The molecule has 0 aliphatic rings. The summed E-state index contributed by atoms with van der Waals surface area (Å²) in [5, 5.41) is 6.89. The Bertz CT molecular complexity index is 3530. The van der Waals surface area contributed by atoms with E-state index >= 15 is 0 Å². The molecule has 0 unspecified atom stereocenters. The summed E-state index contributed by atoms with van der Waals surface area (Å²) in [6.07, 6.45) is 0. The van der Waals surface area contributed by atoms with E-state index in [1.54, 1.807) is 0 Å². The van der Waals surface area contributed by atoms with Crippen molar-refractivity contribution in [3.05, 3.63) is 182 Å². The first kappa shape index (κ1) is 31.9. The van der Waals surface area contributed by atoms with E-state index in [-0.39, 0.29) is 0 Å². The van der Waals surface area contributed by atoms with E-state index in [9.17, 15) is 0 Å². The van der Waals surface area contributed by atoms with Gasteiger partial charge in [-0.1, -0.05) is 140 Å². The number of hydrogen-bond donors (Lipinski definition) is 0. The second-order valence-electron chi connectivity index (χ2n) is 14.4. The van der Waals surface area contributed by atoms with Crippen LogP contribution in [-0.4, -0.2) is 19.5 Å². The van der Waals surface area contributed by atoms with Gasteiger partial charge in [0.2, 0.25) is 5.95 Å². The van der Waals surface area contributed by atoms with Gasteiger partial charge in [0.15, 0.2) is 11.6 Å². The van der Waals surface area contributed by atoms with Crippen LogP contribution in [0.5, 0.6) is 0 Å². The van der Waals surface area contributed by atoms with Crippen molar-refractivity contribution in [2.75, 3.05) is 0 Å². The van der Waals surface area contributed by atoms with Crippen molar-refractivity contribution in [2.45, 2.75) is 0 Å². The molecule has 4 aromatic heterocycles. The highest BCUT2D eigenvalue weighted by Gasteiger charge is 2.22. The van der Waals surface area contributed by atoms with Crippen molar-refractivity contribution in [3.63, 3.8) is 0 Å². The van der Waals surface area contributed by atoms with Gasteiger partial charge in [-0.3, -0.25) is 4.57 Å². The summed E-state index contributed by atoms with van der Waals surface area (Å²) in [5.41, 5.74) is 10.2. The molecule has 0 fully saturated rings. The van der Waals surface area contributed by atoms with E-state index in [4.69, 9.17) is 19.4 Å². The summed E-state index contributed by atoms with van der Waals surface area (Å²) in [7, 11) is 0. The molecule has 0 radical (unpaired) electrons. The van der Waals surface area contributed by atoms with Gasteiger partial charge in [-0.2, -0.15) is 9.97 Å². The highest BCUT2D eigenvalue weighted by atomic mass is 32.1. The molecule has 266 valence electrons. The lowest BCUT2D eigenvalue weighted by Gasteiger charge is -2.11. The fraction of sp³-hybridized carbons (Fsp3) is 0. The van der Waals surface area contributed by atoms with Gasteiger partial charge < -0.3 is 4.42 Å². The van der Waals surface area contributed by atoms with Gasteiger partial charge in [-0.25, -0.2) is 4.98 Å². The Hall–Kier alpha value is -7.41. The molecule has 0 saturated carbocycles. The molecule has 0 N–H and O–H groups in total. The molecule has 5 nitrogen and oxygen atoms in total. The minimum Gasteiger partial charge on any atom is -0.456 e. The molecule has 0 aliphatic carbocycles. The Morgan fingerprint density at radius 1 is 0.404 bits per heavy atom. The van der Waals surface area contributed by atoms with Crippen LogP contribution in [0.4, 0.5) is 0 Å². The van der Waals surface area contributed by atoms with Crippen molar-refractivity contribution in [2.24, 2.45) is 0 Å². The van der Waals surface area contributed by atoms with Gasteiger partial charge in [0, 0.05) is 52.8 Å². The number of nitrogens with zero attached hydrogens (tertiary/aromatic N) is 4. The Balaban J connectivity index is 1.08. The van der Waals surface area contributed by atoms with E-state index in [0.29, 0.717) is 17.6 Å². The lowest BCUT2D eigenvalue weighted by atomic mass is 9.96. The third-order valence-electron chi connectivity index (χ3n) is 11.1. The van der Waals surface area contributed by atoms with Crippen LogP contribution in [0.15, 0.2) is 186 Å². The molecule has 0 bridgehead atoms. The average molecular weight is 747 g/mol. The first-order chi connectivity index (χ1) is 28.2. The maximum absolute atomic E-state index is 6.63. The Kier molecular flexibility index (Phi) is 7.03. The molecule has 8 aromatic carbocycles. The van der Waals surface area contributed by atoms with E-state index in [0.717, 1.165) is 60.6 Å². The normalized spacial score (nSPS) is 11.9. The smallest absolute Gasteiger partial charge is 0.238 e. The number of para-hydroxylation sites is 1. The topological polar surface area (TPSA) is 56.7 Å². The number of aromatic nitrogens is 4. The van der Waals surface area contributed by atoms with Crippen LogP contribution in [-0.2, 0) is 0 Å². The minimum atomic E-state index is 0.568. The van der Waals surface area contributed by atoms with E-state index in [1.165, 1.54) is 36.7 Å². The molecule has 0 saturated heterocycles. The van der Waals surface area contributed by atoms with Crippen molar-refractivity contribution in [1.82, 2.24) is 19.5 Å². The molecule has 12 rings (SSSR count). The van der Waals surface area contributed by atoms with E-state index in [2.05, 4.69) is 162 Å². The molecule has 0 aliphatic heterocycles. The summed E-state index contributed by atoms with van der Waals surface area (Å²) in [6, 6.07) is 63.7. The zero-order chi connectivity index (χ0) is 37.5. The number of hydrogen-bond acceptors (Lipinski definition) is 5. The van der Waals surface area contributed by atoms with Crippen molar-refractivity contribution in [1.29, 1.82) is 0 Å². The largest absolute Gasteiger partial charge is 0.456 e. The highest BCUT2D eigenvalue weighted by molar-refractivity contribution is 7.26. The number of furan rings is 1. The van der Waals surface area contributed by atoms with Gasteiger partial charge in [0.25, 0.3) is 0 Å². The third-order valence-corrected chi connectivity index (χ3v) is 12.2. The standard InChI is InChI=1S/C51H30N4OS/c1-3-13-31(14-4-1)33-17-11-18-34(29-33)36-21-12-23-42-46(36)39-26-25-35(30-43(39)56-42)50-52-49(32-15-5-2-6-16-32)53-51(54-50)55-41-22-9-7-19-37(41)38-27-28-45-47(48(38)55)40-20-8-10-24-44(40)57-45/h1-30H. The van der Waals surface area contributed by atoms with Gasteiger partial charge in [-0.05, 0) is 64.7 Å². The number of rotatable bonds is 5. The van der Waals surface area contributed by atoms with Gasteiger partial charge in [-0.15, -0.1) is 11.3 Å². The highest BCUT2D eigenvalue weighted by Crippen LogP contribution is 2.43. The zero-order valence-corrected chi connectivity index (χ0v) is 31.2. The molecule has 0 amide bonds. The second kappa shape index (κ2) is 12.6. The number of benzene rings is 8. The molecule has 0 atom stereocenters. The second-order valence-corrected chi connectivity index (χ2v) is 15.5. The summed E-state index contributed by atoms with van der Waals surface area (Å²) < 4.78 is 11.3. The SMILES string of the molecule is c1ccc(-c2cccc(-c3cccc4oc5cc(-c6nc(-c7ccccc7)nc(-n7c8ccccc8c8ccc9sc%10ccccc%10c9c87)n6)ccc5c34)c2)cc1. The predicted molar refractivity (Wildman–Crippen MR) is 236 cm³/mol. The van der Waals surface area contributed by atoms with Crippen LogP contribution in [0.2, 0.25) is 0 Å². The predicted octanol–water partition coefficient (Wildman–Crippen LogP) is 13.9. The van der Waals surface area contributed by atoms with Crippen molar-refractivity contribution >= 4 is 75.3 Å². The Labute approximate surface area is 330 Å². The van der Waals surface area contributed by atoms with Gasteiger partial charge in [0.1, 0.15) is 11.2 Å². The summed E-state index contributed by atoms with van der Waals surface area (Å²) in [4.78, 5) is 15.7. The summed E-state index contributed by atoms with van der Waals surface area (Å²) in [6.45, 7) is 0. The summed E-state index contributed by atoms with van der Waals surface area (Å²) in [5.74, 6) is 1.75. The van der Waals surface area contributed by atoms with Crippen molar-refractivity contribution < 1.29 is 4.42 Å². The minimum absolute atomic E-state index is 0.568. The molecule has 57 heavy (non-hydrogen) atoms. The molecule has 4 heterocycles. The zero-order valence-electron chi connectivity index (χ0n) is 30.4. The molecular formula is C51H30N4OS. The van der Waals surface area contributed by atoms with Crippen LogP contribution in [0, 0.1) is 0 Å². The number of fused-ring (bicyclic) bond motifs is 10.